The number of Topliss-reactive ketones (excluding diaryl/α,β-unsaturated/α-hetero) is 2. The second-order valence-electron chi connectivity index (χ2n) is 10.9. The van der Waals surface area contributed by atoms with Gasteiger partial charge in [0.05, 0.1) is 30.2 Å². The molecule has 1 amide bonds. The van der Waals surface area contributed by atoms with E-state index in [1.807, 2.05) is 6.92 Å². The third kappa shape index (κ3) is 4.42. The van der Waals surface area contributed by atoms with Crippen molar-refractivity contribution < 1.29 is 49.4 Å². The van der Waals surface area contributed by atoms with E-state index in [-0.39, 0.29) is 17.7 Å². The average Bonchev–Trinajstić information content (AvgIpc) is 2.90. The number of amides is 1. The summed E-state index contributed by atoms with van der Waals surface area (Å²) in [5.74, 6) is -10.3. The number of benzene rings is 1. The molecule has 41 heavy (non-hydrogen) atoms. The molecule has 0 saturated carbocycles. The molecule has 0 radical (unpaired) electrons. The fraction of sp³-hybridized carbons (Fsp3) is 0.448. The van der Waals surface area contributed by atoms with Crippen LogP contribution >= 0.6 is 0 Å². The number of ether oxygens (including phenoxy) is 1. The molecule has 0 heterocycles. The number of likely N-dealkylation sites (N-methyl/N-ethyl adjacent to an activating group) is 1. The van der Waals surface area contributed by atoms with Gasteiger partial charge < -0.3 is 36.0 Å². The number of primary amides is 1. The van der Waals surface area contributed by atoms with Crippen molar-refractivity contribution in [3.63, 3.8) is 0 Å². The summed E-state index contributed by atoms with van der Waals surface area (Å²) in [6.07, 6.45) is 2.20. The van der Waals surface area contributed by atoms with Crippen LogP contribution in [0, 0.1) is 11.8 Å². The smallest absolute Gasteiger partial charge is 0.330 e. The van der Waals surface area contributed by atoms with Crippen LogP contribution in [0.1, 0.15) is 54.1 Å². The number of ketones is 2. The van der Waals surface area contributed by atoms with E-state index >= 15 is 0 Å². The summed E-state index contributed by atoms with van der Waals surface area (Å²) < 4.78 is 5.06. The van der Waals surface area contributed by atoms with Crippen molar-refractivity contribution in [2.45, 2.75) is 50.4 Å². The van der Waals surface area contributed by atoms with Crippen molar-refractivity contribution in [1.82, 2.24) is 4.90 Å². The first kappa shape index (κ1) is 30.0. The molecule has 3 aliphatic carbocycles. The summed E-state index contributed by atoms with van der Waals surface area (Å²) >= 11 is 0. The maximum absolute atomic E-state index is 13.9. The lowest BCUT2D eigenvalue weighted by atomic mass is 9.55. The SMILES string of the molecule is CCCCOC(=O)/C=C/c1ccc2c(c1O)C(=O)C1=C(O)[C@@]3(O)C(=O)C(C(N)=O)=C(O)[C@@H](N(C)C)[C@H]3[C@H](O)[C@@H]1[C@@H]2C. The number of carbonyl (C=O) groups is 4. The van der Waals surface area contributed by atoms with Crippen LogP contribution in [0.5, 0.6) is 5.75 Å². The van der Waals surface area contributed by atoms with Gasteiger partial charge in [-0.2, -0.15) is 0 Å². The van der Waals surface area contributed by atoms with Crippen LogP contribution in [0.2, 0.25) is 0 Å². The summed E-state index contributed by atoms with van der Waals surface area (Å²) in [7, 11) is 2.94. The van der Waals surface area contributed by atoms with Crippen molar-refractivity contribution in [1.29, 1.82) is 0 Å². The van der Waals surface area contributed by atoms with Gasteiger partial charge in [0.2, 0.25) is 5.78 Å². The second-order valence-corrected chi connectivity index (χ2v) is 10.9. The molecule has 12 nitrogen and oxygen atoms in total. The molecule has 6 atom stereocenters. The van der Waals surface area contributed by atoms with Crippen molar-refractivity contribution in [2.24, 2.45) is 17.6 Å². The number of esters is 1. The van der Waals surface area contributed by atoms with Crippen LogP contribution in [0.3, 0.4) is 0 Å². The van der Waals surface area contributed by atoms with E-state index in [1.54, 1.807) is 13.0 Å². The summed E-state index contributed by atoms with van der Waals surface area (Å²) in [6, 6.07) is 1.69. The van der Waals surface area contributed by atoms with Crippen molar-refractivity contribution in [3.05, 3.63) is 57.6 Å². The molecule has 7 N–H and O–H groups in total. The summed E-state index contributed by atoms with van der Waals surface area (Å²) in [5, 5.41) is 56.7. The van der Waals surface area contributed by atoms with Crippen LogP contribution in [0.25, 0.3) is 6.08 Å². The second kappa shape index (κ2) is 10.8. The molecule has 0 bridgehead atoms. The fourth-order valence-corrected chi connectivity index (χ4v) is 6.30. The van der Waals surface area contributed by atoms with Crippen LogP contribution in [0.15, 0.2) is 40.9 Å². The van der Waals surface area contributed by atoms with Gasteiger partial charge in [-0.25, -0.2) is 4.79 Å². The van der Waals surface area contributed by atoms with Crippen molar-refractivity contribution in [3.8, 4) is 5.75 Å². The average molecular weight is 571 g/mol. The molecule has 0 unspecified atom stereocenters. The Kier molecular flexibility index (Phi) is 7.87. The first-order valence-corrected chi connectivity index (χ1v) is 13.2. The highest BCUT2D eigenvalue weighted by Crippen LogP contribution is 2.55. The van der Waals surface area contributed by atoms with Gasteiger partial charge in [-0.1, -0.05) is 32.4 Å². The molecule has 0 aliphatic heterocycles. The molecule has 220 valence electrons. The molecule has 3 aliphatic rings. The molecule has 4 rings (SSSR count). The fourth-order valence-electron chi connectivity index (χ4n) is 6.30. The molecule has 1 aromatic rings. The number of aliphatic hydroxyl groups excluding tert-OH is 3. The summed E-state index contributed by atoms with van der Waals surface area (Å²) in [5.41, 5.74) is 1.04. The van der Waals surface area contributed by atoms with Gasteiger partial charge in [0.1, 0.15) is 22.8 Å². The number of nitrogens with zero attached hydrogens (tertiary/aromatic N) is 1. The lowest BCUT2D eigenvalue weighted by Gasteiger charge is -2.53. The lowest BCUT2D eigenvalue weighted by Crippen LogP contribution is -2.68. The molecule has 0 spiro atoms. The number of phenolic OH excluding ortho intramolecular Hbond substituents is 1. The number of hydrogen-bond donors (Lipinski definition) is 6. The van der Waals surface area contributed by atoms with Crippen molar-refractivity contribution in [2.75, 3.05) is 20.7 Å². The monoisotopic (exact) mass is 570 g/mol. The number of hydrogen-bond acceptors (Lipinski definition) is 11. The van der Waals surface area contributed by atoms with Gasteiger partial charge in [-0.3, -0.25) is 19.3 Å². The van der Waals surface area contributed by atoms with Gasteiger partial charge >= 0.3 is 5.97 Å². The minimum atomic E-state index is -2.99. The maximum Gasteiger partial charge on any atom is 0.330 e. The van der Waals surface area contributed by atoms with Gasteiger partial charge in [0.25, 0.3) is 5.91 Å². The molecular formula is C29H34N2O10. The Labute approximate surface area is 236 Å². The Morgan fingerprint density at radius 3 is 2.41 bits per heavy atom. The Bertz CT molecular complexity index is 1420. The minimum absolute atomic E-state index is 0.0912. The summed E-state index contributed by atoms with van der Waals surface area (Å²) in [4.78, 5) is 52.8. The number of aliphatic hydroxyl groups is 4. The van der Waals surface area contributed by atoms with E-state index in [0.717, 1.165) is 12.5 Å². The predicted molar refractivity (Wildman–Crippen MR) is 145 cm³/mol. The number of unbranched alkanes of at least 4 members (excludes halogenated alkanes) is 1. The Morgan fingerprint density at radius 1 is 1.17 bits per heavy atom. The number of rotatable bonds is 7. The zero-order chi connectivity index (χ0) is 30.5. The van der Waals surface area contributed by atoms with Crippen LogP contribution in [0.4, 0.5) is 0 Å². The Morgan fingerprint density at radius 2 is 1.83 bits per heavy atom. The van der Waals surface area contributed by atoms with E-state index in [2.05, 4.69) is 0 Å². The summed E-state index contributed by atoms with van der Waals surface area (Å²) in [6.45, 7) is 3.80. The highest BCUT2D eigenvalue weighted by molar-refractivity contribution is 6.25. The lowest BCUT2D eigenvalue weighted by molar-refractivity contribution is -0.162. The predicted octanol–water partition coefficient (Wildman–Crippen LogP) is 1.01. The number of fused-ring (bicyclic) bond motifs is 3. The molecule has 0 saturated heterocycles. The van der Waals surface area contributed by atoms with E-state index in [1.165, 1.54) is 31.1 Å². The standard InChI is InChI=1S/C29H34N2O10/c1-5-6-11-41-15(32)10-8-13-7-9-14-12(2)16-18(23(34)17(14)22(13)33)26(37)29(40)20(24(16)35)21(31(3)4)25(36)19(27(29)38)28(30)39/h7-10,12,16,20-21,24,33,35-37,40H,5-6,11H2,1-4H3,(H2,30,39)/b10-8+/t12-,16-,20+,21+,24-,29-/m1/s1. The normalized spacial score (nSPS) is 29.5. The number of aromatic hydroxyl groups is 1. The Balaban J connectivity index is 1.87. The quantitative estimate of drug-likeness (QED) is 0.118. The van der Waals surface area contributed by atoms with E-state index in [4.69, 9.17) is 10.5 Å². The minimum Gasteiger partial charge on any atom is -0.510 e. The number of phenols is 1. The van der Waals surface area contributed by atoms with E-state index < -0.39 is 87.4 Å². The zero-order valence-electron chi connectivity index (χ0n) is 23.1. The van der Waals surface area contributed by atoms with Crippen LogP contribution in [-0.2, 0) is 19.1 Å². The van der Waals surface area contributed by atoms with Crippen molar-refractivity contribution >= 4 is 29.5 Å². The largest absolute Gasteiger partial charge is 0.510 e. The number of carbonyl (C=O) groups excluding carboxylic acids is 4. The third-order valence-electron chi connectivity index (χ3n) is 8.30. The third-order valence-corrected chi connectivity index (χ3v) is 8.30. The zero-order valence-corrected chi connectivity index (χ0v) is 23.1. The maximum atomic E-state index is 13.9. The highest BCUT2D eigenvalue weighted by atomic mass is 16.5. The number of nitrogens with two attached hydrogens (primary N) is 1. The van der Waals surface area contributed by atoms with Gasteiger partial charge in [0, 0.05) is 23.1 Å². The van der Waals surface area contributed by atoms with Gasteiger partial charge in [-0.15, -0.1) is 0 Å². The van der Waals surface area contributed by atoms with Gasteiger partial charge in [0.15, 0.2) is 11.4 Å². The molecular weight excluding hydrogens is 536 g/mol. The molecule has 0 fully saturated rings. The van der Waals surface area contributed by atoms with E-state index in [9.17, 15) is 44.7 Å². The highest BCUT2D eigenvalue weighted by Gasteiger charge is 2.67. The first-order chi connectivity index (χ1) is 19.2. The van der Waals surface area contributed by atoms with Gasteiger partial charge in [-0.05, 0) is 38.1 Å². The first-order valence-electron chi connectivity index (χ1n) is 13.2. The topological polar surface area (TPSA) is 208 Å². The van der Waals surface area contributed by atoms with Crippen LogP contribution < -0.4 is 5.73 Å². The molecule has 12 heteroatoms. The van der Waals surface area contributed by atoms with E-state index in [0.29, 0.717) is 12.0 Å². The van der Waals surface area contributed by atoms with Crippen LogP contribution in [-0.4, -0.2) is 92.3 Å². The Hall–Kier alpha value is -4.00. The molecule has 0 aromatic heterocycles. The molecule has 1 aromatic carbocycles.